The molecule has 0 atom stereocenters. The molecule has 0 saturated heterocycles. The molecule has 4 heteroatoms. The summed E-state index contributed by atoms with van der Waals surface area (Å²) in [6.45, 7) is 3.65. The Morgan fingerprint density at radius 1 is 1.56 bits per heavy atom. The van der Waals surface area contributed by atoms with Crippen molar-refractivity contribution in [2.75, 3.05) is 6.54 Å². The van der Waals surface area contributed by atoms with Crippen LogP contribution in [0, 0.1) is 6.92 Å². The highest BCUT2D eigenvalue weighted by Crippen LogP contribution is 2.02. The summed E-state index contributed by atoms with van der Waals surface area (Å²) in [5.41, 5.74) is 2.31. The summed E-state index contributed by atoms with van der Waals surface area (Å²) in [5, 5.41) is 10.2. The smallest absolute Gasteiger partial charge is 0.126 e. The highest BCUT2D eigenvalue weighted by molar-refractivity contribution is 5.42. The highest BCUT2D eigenvalue weighted by Gasteiger charge is 1.97. The van der Waals surface area contributed by atoms with Crippen LogP contribution in [0.4, 0.5) is 0 Å². The Balaban J connectivity index is 1.71. The van der Waals surface area contributed by atoms with Crippen LogP contribution in [0.3, 0.4) is 0 Å². The van der Waals surface area contributed by atoms with Gasteiger partial charge in [-0.05, 0) is 25.1 Å². The van der Waals surface area contributed by atoms with Gasteiger partial charge in [0.05, 0.1) is 12.5 Å². The van der Waals surface area contributed by atoms with Gasteiger partial charge in [-0.15, -0.1) is 0 Å². The molecule has 0 aliphatic heterocycles. The van der Waals surface area contributed by atoms with Gasteiger partial charge >= 0.3 is 0 Å². The van der Waals surface area contributed by atoms with Crippen LogP contribution in [0.25, 0.3) is 6.08 Å². The monoisotopic (exact) mass is 217 g/mol. The Kier molecular flexibility index (Phi) is 3.56. The summed E-state index contributed by atoms with van der Waals surface area (Å²) < 4.78 is 5.18. The molecule has 0 aliphatic rings. The second-order valence-electron chi connectivity index (χ2n) is 3.57. The molecule has 0 saturated carbocycles. The Bertz CT molecular complexity index is 443. The maximum Gasteiger partial charge on any atom is 0.126 e. The Labute approximate surface area is 94.4 Å². The van der Waals surface area contributed by atoms with Crippen LogP contribution in [0.1, 0.15) is 17.0 Å². The number of rotatable bonds is 5. The largest absolute Gasteiger partial charge is 0.465 e. The number of aryl methyl sites for hydroxylation is 1. The Morgan fingerprint density at radius 2 is 2.50 bits per heavy atom. The van der Waals surface area contributed by atoms with E-state index in [1.54, 1.807) is 6.26 Å². The van der Waals surface area contributed by atoms with E-state index < -0.39 is 0 Å². The molecule has 16 heavy (non-hydrogen) atoms. The number of aromatic amines is 1. The van der Waals surface area contributed by atoms with Crippen molar-refractivity contribution in [1.29, 1.82) is 0 Å². The number of nitrogens with one attached hydrogen (secondary N) is 2. The van der Waals surface area contributed by atoms with Gasteiger partial charge in [-0.25, -0.2) is 0 Å². The number of furan rings is 1. The molecule has 0 fully saturated rings. The van der Waals surface area contributed by atoms with Crippen molar-refractivity contribution in [3.05, 3.63) is 47.7 Å². The SMILES string of the molecule is Cc1[nH]ncc1CNC/C=C/c1ccco1. The van der Waals surface area contributed by atoms with Crippen LogP contribution in [-0.2, 0) is 6.54 Å². The minimum Gasteiger partial charge on any atom is -0.465 e. The molecular weight excluding hydrogens is 202 g/mol. The van der Waals surface area contributed by atoms with Gasteiger partial charge in [0.15, 0.2) is 0 Å². The van der Waals surface area contributed by atoms with Gasteiger partial charge in [0, 0.05) is 24.3 Å². The third-order valence-corrected chi connectivity index (χ3v) is 2.34. The van der Waals surface area contributed by atoms with Gasteiger partial charge in [0.2, 0.25) is 0 Å². The quantitative estimate of drug-likeness (QED) is 0.754. The molecule has 0 aliphatic carbocycles. The lowest BCUT2D eigenvalue weighted by molar-refractivity contribution is 0.556. The van der Waals surface area contributed by atoms with Gasteiger partial charge in [-0.1, -0.05) is 6.08 Å². The number of nitrogens with zero attached hydrogens (tertiary/aromatic N) is 1. The number of H-pyrrole nitrogens is 1. The maximum atomic E-state index is 5.18. The first kappa shape index (κ1) is 10.7. The topological polar surface area (TPSA) is 53.9 Å². The fraction of sp³-hybridized carbons (Fsp3) is 0.250. The van der Waals surface area contributed by atoms with Crippen LogP contribution < -0.4 is 5.32 Å². The average Bonchev–Trinajstić information content (AvgIpc) is 2.90. The van der Waals surface area contributed by atoms with Gasteiger partial charge in [0.1, 0.15) is 5.76 Å². The molecule has 0 radical (unpaired) electrons. The lowest BCUT2D eigenvalue weighted by atomic mass is 10.2. The minimum atomic E-state index is 0.811. The first-order valence-electron chi connectivity index (χ1n) is 5.26. The summed E-state index contributed by atoms with van der Waals surface area (Å²) in [6, 6.07) is 3.80. The Morgan fingerprint density at radius 3 is 3.19 bits per heavy atom. The van der Waals surface area contributed by atoms with E-state index in [1.165, 1.54) is 5.56 Å². The molecule has 2 heterocycles. The first-order valence-corrected chi connectivity index (χ1v) is 5.26. The summed E-state index contributed by atoms with van der Waals surface area (Å²) in [7, 11) is 0. The van der Waals surface area contributed by atoms with Crippen molar-refractivity contribution >= 4 is 6.08 Å². The molecule has 2 aromatic heterocycles. The second-order valence-corrected chi connectivity index (χ2v) is 3.57. The van der Waals surface area contributed by atoms with E-state index in [9.17, 15) is 0 Å². The predicted molar refractivity (Wildman–Crippen MR) is 62.8 cm³/mol. The average molecular weight is 217 g/mol. The van der Waals surface area contributed by atoms with Crippen molar-refractivity contribution in [2.24, 2.45) is 0 Å². The molecular formula is C12H15N3O. The van der Waals surface area contributed by atoms with Gasteiger partial charge in [-0.3, -0.25) is 5.10 Å². The van der Waals surface area contributed by atoms with E-state index in [2.05, 4.69) is 15.5 Å². The van der Waals surface area contributed by atoms with Gasteiger partial charge in [0.25, 0.3) is 0 Å². The van der Waals surface area contributed by atoms with Crippen LogP contribution in [-0.4, -0.2) is 16.7 Å². The van der Waals surface area contributed by atoms with Crippen LogP contribution >= 0.6 is 0 Å². The molecule has 84 valence electrons. The third-order valence-electron chi connectivity index (χ3n) is 2.34. The number of hydrogen-bond donors (Lipinski definition) is 2. The summed E-state index contributed by atoms with van der Waals surface area (Å²) in [4.78, 5) is 0. The molecule has 2 N–H and O–H groups in total. The van der Waals surface area contributed by atoms with Gasteiger partial charge < -0.3 is 9.73 Å². The fourth-order valence-corrected chi connectivity index (χ4v) is 1.41. The van der Waals surface area contributed by atoms with Crippen LogP contribution in [0.5, 0.6) is 0 Å². The molecule has 0 aromatic carbocycles. The molecule has 2 rings (SSSR count). The van der Waals surface area contributed by atoms with Gasteiger partial charge in [-0.2, -0.15) is 5.10 Å². The number of hydrogen-bond acceptors (Lipinski definition) is 3. The maximum absolute atomic E-state index is 5.18. The van der Waals surface area contributed by atoms with E-state index in [-0.39, 0.29) is 0 Å². The molecule has 0 amide bonds. The van der Waals surface area contributed by atoms with Crippen molar-refractivity contribution in [3.8, 4) is 0 Å². The zero-order valence-corrected chi connectivity index (χ0v) is 9.23. The van der Waals surface area contributed by atoms with Crippen molar-refractivity contribution < 1.29 is 4.42 Å². The zero-order valence-electron chi connectivity index (χ0n) is 9.23. The lowest BCUT2D eigenvalue weighted by Crippen LogP contribution is -2.12. The standard InChI is InChI=1S/C12H15N3O/c1-10-11(9-14-15-10)8-13-6-2-4-12-5-3-7-16-12/h2-5,7,9,13H,6,8H2,1H3,(H,14,15)/b4-2+. The normalized spacial score (nSPS) is 11.3. The van der Waals surface area contributed by atoms with Crippen molar-refractivity contribution in [3.63, 3.8) is 0 Å². The molecule has 2 aromatic rings. The van der Waals surface area contributed by atoms with Crippen LogP contribution in [0.2, 0.25) is 0 Å². The predicted octanol–water partition coefficient (Wildman–Crippen LogP) is 2.11. The molecule has 4 nitrogen and oxygen atoms in total. The lowest BCUT2D eigenvalue weighted by Gasteiger charge is -1.99. The van der Waals surface area contributed by atoms with E-state index in [0.29, 0.717) is 0 Å². The van der Waals surface area contributed by atoms with Crippen LogP contribution in [0.15, 0.2) is 35.1 Å². The fourth-order valence-electron chi connectivity index (χ4n) is 1.41. The van der Waals surface area contributed by atoms with E-state index in [0.717, 1.165) is 24.5 Å². The highest BCUT2D eigenvalue weighted by atomic mass is 16.3. The molecule has 0 spiro atoms. The Hall–Kier alpha value is -1.81. The molecule has 0 bridgehead atoms. The zero-order chi connectivity index (χ0) is 11.2. The second kappa shape index (κ2) is 5.32. The summed E-state index contributed by atoms with van der Waals surface area (Å²) in [5.74, 6) is 0.876. The van der Waals surface area contributed by atoms with E-state index in [4.69, 9.17) is 4.42 Å². The molecule has 0 unspecified atom stereocenters. The minimum absolute atomic E-state index is 0.811. The number of aromatic nitrogens is 2. The first-order chi connectivity index (χ1) is 7.86. The summed E-state index contributed by atoms with van der Waals surface area (Å²) >= 11 is 0. The van der Waals surface area contributed by atoms with E-state index in [1.807, 2.05) is 37.4 Å². The summed E-state index contributed by atoms with van der Waals surface area (Å²) in [6.07, 6.45) is 7.50. The van der Waals surface area contributed by atoms with Crippen molar-refractivity contribution in [2.45, 2.75) is 13.5 Å². The third kappa shape index (κ3) is 2.84. The van der Waals surface area contributed by atoms with Crippen molar-refractivity contribution in [1.82, 2.24) is 15.5 Å². The van der Waals surface area contributed by atoms with E-state index >= 15 is 0 Å².